The molecule has 35 heavy (non-hydrogen) atoms. The number of hydrogen-bond acceptors (Lipinski definition) is 8. The van der Waals surface area contributed by atoms with Gasteiger partial charge in [0.1, 0.15) is 6.61 Å². The number of pyridine rings is 1. The molecule has 4 rings (SSSR count). The molecular formula is C24H32N3O7P. The Balaban J connectivity index is 1.71. The maximum absolute atomic E-state index is 14.0. The highest BCUT2D eigenvalue weighted by Gasteiger charge is 2.52. The zero-order chi connectivity index (χ0) is 25.1. The fraction of sp³-hybridized carbons (Fsp3) is 0.500. The summed E-state index contributed by atoms with van der Waals surface area (Å²) in [5, 5.41) is 1.89. The number of benzene rings is 1. The van der Waals surface area contributed by atoms with Crippen LogP contribution in [0.2, 0.25) is 0 Å². The first kappa shape index (κ1) is 25.4. The van der Waals surface area contributed by atoms with Crippen LogP contribution < -0.4 is 15.2 Å². The standard InChI is InChI=1S/C24H32N3O7P/c1-4-33-35(30,34-5-2)16-14-26-23(29)21-22(32-17-19-9-7-6-8-10-19)20(28)11-13-27(21)25(3)24(26)12-15-31-18-24/h6-11,13H,4-5,12,14-18H2,1-3H3. The number of nitrogens with zero attached hydrogens (tertiary/aromatic N) is 3. The topological polar surface area (TPSA) is 99.5 Å². The van der Waals surface area contributed by atoms with Crippen LogP contribution in [0.5, 0.6) is 5.75 Å². The van der Waals surface area contributed by atoms with E-state index in [1.807, 2.05) is 42.4 Å². The Morgan fingerprint density at radius 2 is 1.80 bits per heavy atom. The summed E-state index contributed by atoms with van der Waals surface area (Å²) in [6, 6.07) is 10.8. The lowest BCUT2D eigenvalue weighted by Crippen LogP contribution is -2.70. The summed E-state index contributed by atoms with van der Waals surface area (Å²) in [5.41, 5.74) is -0.199. The zero-order valence-corrected chi connectivity index (χ0v) is 21.2. The average Bonchev–Trinajstić information content (AvgIpc) is 3.33. The number of rotatable bonds is 10. The quantitative estimate of drug-likeness (QED) is 0.455. The molecule has 1 aromatic heterocycles. The van der Waals surface area contributed by atoms with E-state index in [-0.39, 0.29) is 56.0 Å². The van der Waals surface area contributed by atoms with Gasteiger partial charge in [-0.1, -0.05) is 30.3 Å². The summed E-state index contributed by atoms with van der Waals surface area (Å²) in [5.74, 6) is -0.418. The first-order valence-corrected chi connectivity index (χ1v) is 13.5. The molecule has 10 nitrogen and oxygen atoms in total. The number of likely N-dealkylation sites (N-methyl/N-ethyl adjacent to an activating group) is 1. The van der Waals surface area contributed by atoms with Crippen LogP contribution in [0.15, 0.2) is 47.4 Å². The summed E-state index contributed by atoms with van der Waals surface area (Å²) in [4.78, 5) is 28.4. The van der Waals surface area contributed by atoms with E-state index < -0.39 is 19.2 Å². The molecule has 190 valence electrons. The Kier molecular flexibility index (Phi) is 7.66. The molecule has 2 aliphatic rings. The second-order valence-corrected chi connectivity index (χ2v) is 10.6. The van der Waals surface area contributed by atoms with Gasteiger partial charge in [-0.05, 0) is 19.4 Å². The minimum Gasteiger partial charge on any atom is -0.482 e. The third-order valence-corrected chi connectivity index (χ3v) is 8.42. The zero-order valence-electron chi connectivity index (χ0n) is 20.3. The fourth-order valence-corrected chi connectivity index (χ4v) is 6.18. The molecule has 0 radical (unpaired) electrons. The predicted molar refractivity (Wildman–Crippen MR) is 131 cm³/mol. The van der Waals surface area contributed by atoms with E-state index in [0.29, 0.717) is 13.0 Å². The van der Waals surface area contributed by atoms with Crippen molar-refractivity contribution in [3.05, 3.63) is 64.1 Å². The summed E-state index contributed by atoms with van der Waals surface area (Å²) in [7, 11) is -1.56. The minimum absolute atomic E-state index is 0.0211. The van der Waals surface area contributed by atoms with Gasteiger partial charge in [-0.25, -0.2) is 0 Å². The highest BCUT2D eigenvalue weighted by Crippen LogP contribution is 2.48. The van der Waals surface area contributed by atoms with Gasteiger partial charge < -0.3 is 23.4 Å². The molecule has 1 amide bonds. The van der Waals surface area contributed by atoms with Crippen molar-refractivity contribution in [2.75, 3.05) is 51.2 Å². The molecule has 0 saturated carbocycles. The number of carbonyl (C=O) groups is 1. The van der Waals surface area contributed by atoms with Crippen molar-refractivity contribution < 1.29 is 27.9 Å². The fourth-order valence-electron chi connectivity index (χ4n) is 4.62. The van der Waals surface area contributed by atoms with E-state index in [4.69, 9.17) is 18.5 Å². The van der Waals surface area contributed by atoms with Crippen LogP contribution in [0.1, 0.15) is 36.3 Å². The Morgan fingerprint density at radius 1 is 1.09 bits per heavy atom. The molecule has 1 aromatic carbocycles. The highest BCUT2D eigenvalue weighted by molar-refractivity contribution is 7.53. The number of amides is 1. The van der Waals surface area contributed by atoms with E-state index in [9.17, 15) is 14.2 Å². The van der Waals surface area contributed by atoms with Gasteiger partial charge in [-0.15, -0.1) is 0 Å². The van der Waals surface area contributed by atoms with E-state index in [2.05, 4.69) is 0 Å². The SMILES string of the molecule is CCOP(=O)(CCN1C(=O)c2c(OCc3ccccc3)c(=O)ccn2N(C)C12CCOC2)OCC. The third-order valence-electron chi connectivity index (χ3n) is 6.37. The molecule has 2 aliphatic heterocycles. The molecule has 0 aliphatic carbocycles. The van der Waals surface area contributed by atoms with Gasteiger partial charge in [0, 0.05) is 32.3 Å². The summed E-state index contributed by atoms with van der Waals surface area (Å²) < 4.78 is 37.3. The number of fused-ring (bicyclic) bond motifs is 1. The number of aromatic nitrogens is 1. The molecule has 1 atom stereocenters. The normalized spacial score (nSPS) is 19.9. The van der Waals surface area contributed by atoms with Crippen LogP contribution in [0.3, 0.4) is 0 Å². The molecule has 1 fully saturated rings. The van der Waals surface area contributed by atoms with Crippen LogP contribution in [-0.4, -0.2) is 67.3 Å². The molecule has 1 saturated heterocycles. The van der Waals surface area contributed by atoms with Crippen molar-refractivity contribution in [2.24, 2.45) is 0 Å². The van der Waals surface area contributed by atoms with Crippen LogP contribution in [0, 0.1) is 0 Å². The first-order valence-electron chi connectivity index (χ1n) is 11.8. The highest BCUT2D eigenvalue weighted by atomic mass is 31.2. The first-order chi connectivity index (χ1) is 16.8. The second kappa shape index (κ2) is 10.5. The number of carbonyl (C=O) groups excluding carboxylic acids is 1. The van der Waals surface area contributed by atoms with Crippen molar-refractivity contribution in [2.45, 2.75) is 32.5 Å². The van der Waals surface area contributed by atoms with Crippen molar-refractivity contribution in [3.8, 4) is 5.75 Å². The minimum atomic E-state index is -3.40. The second-order valence-electron chi connectivity index (χ2n) is 8.41. The largest absolute Gasteiger partial charge is 0.482 e. The summed E-state index contributed by atoms with van der Waals surface area (Å²) in [6.07, 6.45) is 2.15. The Hall–Kier alpha value is -2.65. The van der Waals surface area contributed by atoms with Crippen LogP contribution in [-0.2, 0) is 25.0 Å². The molecule has 1 spiro atoms. The molecular weight excluding hydrogens is 473 g/mol. The van der Waals surface area contributed by atoms with Crippen LogP contribution in [0.25, 0.3) is 0 Å². The summed E-state index contributed by atoms with van der Waals surface area (Å²) >= 11 is 0. The maximum atomic E-state index is 14.0. The molecule has 3 heterocycles. The van der Waals surface area contributed by atoms with E-state index in [0.717, 1.165) is 5.56 Å². The van der Waals surface area contributed by atoms with Gasteiger partial charge in [0.15, 0.2) is 17.1 Å². The lowest BCUT2D eigenvalue weighted by molar-refractivity contribution is 0.0240. The van der Waals surface area contributed by atoms with Crippen LogP contribution >= 0.6 is 7.60 Å². The van der Waals surface area contributed by atoms with Crippen molar-refractivity contribution in [3.63, 3.8) is 0 Å². The van der Waals surface area contributed by atoms with Crippen molar-refractivity contribution >= 4 is 13.5 Å². The third kappa shape index (κ3) is 4.89. The lowest BCUT2D eigenvalue weighted by atomic mass is 10.0. The lowest BCUT2D eigenvalue weighted by Gasteiger charge is -2.52. The van der Waals surface area contributed by atoms with Crippen molar-refractivity contribution in [1.82, 2.24) is 9.58 Å². The predicted octanol–water partition coefficient (Wildman–Crippen LogP) is 2.83. The van der Waals surface area contributed by atoms with E-state index >= 15 is 0 Å². The average molecular weight is 506 g/mol. The van der Waals surface area contributed by atoms with Crippen molar-refractivity contribution in [1.29, 1.82) is 0 Å². The van der Waals surface area contributed by atoms with Gasteiger partial charge in [-0.3, -0.25) is 23.8 Å². The van der Waals surface area contributed by atoms with Gasteiger partial charge in [0.25, 0.3) is 5.91 Å². The van der Waals surface area contributed by atoms with Gasteiger partial charge >= 0.3 is 7.60 Å². The smallest absolute Gasteiger partial charge is 0.332 e. The van der Waals surface area contributed by atoms with E-state index in [1.54, 1.807) is 29.6 Å². The molecule has 2 aromatic rings. The van der Waals surface area contributed by atoms with Gasteiger partial charge in [-0.2, -0.15) is 0 Å². The molecule has 0 bridgehead atoms. The number of ether oxygens (including phenoxy) is 2. The maximum Gasteiger partial charge on any atom is 0.332 e. The Bertz CT molecular complexity index is 1140. The van der Waals surface area contributed by atoms with E-state index in [1.165, 1.54) is 6.07 Å². The molecule has 0 N–H and O–H groups in total. The monoisotopic (exact) mass is 505 g/mol. The van der Waals surface area contributed by atoms with Gasteiger partial charge in [0.05, 0.1) is 32.6 Å². The van der Waals surface area contributed by atoms with Gasteiger partial charge in [0.2, 0.25) is 5.43 Å². The van der Waals surface area contributed by atoms with Crippen LogP contribution in [0.4, 0.5) is 0 Å². The summed E-state index contributed by atoms with van der Waals surface area (Å²) in [6.45, 7) is 4.94. The molecule has 1 unspecified atom stereocenters. The molecule has 11 heteroatoms. The Morgan fingerprint density at radius 3 is 2.43 bits per heavy atom. The number of hydrogen-bond donors (Lipinski definition) is 0. The Labute approximate surface area is 204 Å².